The number of aryl methyl sites for hydroxylation is 3. The normalized spacial score (nSPS) is 12.2. The van der Waals surface area contributed by atoms with Crippen molar-refractivity contribution >= 4 is 17.7 Å². The number of nitrogens with zero attached hydrogens (tertiary/aromatic N) is 1. The highest BCUT2D eigenvalue weighted by molar-refractivity contribution is 8.00. The average molecular weight is 332 g/mol. The largest absolute Gasteiger partial charge is 0.361 e. The molecule has 2 aromatic rings. The lowest BCUT2D eigenvalue weighted by Crippen LogP contribution is -2.31. The van der Waals surface area contributed by atoms with Gasteiger partial charge in [-0.2, -0.15) is 0 Å². The van der Waals surface area contributed by atoms with Gasteiger partial charge in [-0.05, 0) is 52.7 Å². The van der Waals surface area contributed by atoms with E-state index in [1.54, 1.807) is 11.8 Å². The first-order valence-corrected chi connectivity index (χ1v) is 8.78. The minimum absolute atomic E-state index is 0.0781. The lowest BCUT2D eigenvalue weighted by molar-refractivity contribution is -0.120. The Bertz CT molecular complexity index is 630. The van der Waals surface area contributed by atoms with Crippen LogP contribution in [0.3, 0.4) is 0 Å². The molecule has 23 heavy (non-hydrogen) atoms. The molecule has 4 nitrogen and oxygen atoms in total. The molecule has 0 fully saturated rings. The van der Waals surface area contributed by atoms with Crippen LogP contribution in [0, 0.1) is 20.8 Å². The van der Waals surface area contributed by atoms with Crippen LogP contribution in [0.15, 0.2) is 33.7 Å². The first-order valence-electron chi connectivity index (χ1n) is 7.90. The van der Waals surface area contributed by atoms with Crippen molar-refractivity contribution in [1.82, 2.24) is 10.5 Å². The Morgan fingerprint density at radius 1 is 1.26 bits per heavy atom. The number of hydrogen-bond donors (Lipinski definition) is 1. The number of nitrogens with one attached hydrogen (secondary N) is 1. The van der Waals surface area contributed by atoms with Crippen molar-refractivity contribution in [3.05, 3.63) is 46.8 Å². The zero-order valence-corrected chi connectivity index (χ0v) is 15.0. The zero-order valence-electron chi connectivity index (χ0n) is 14.2. The Labute approximate surface area is 142 Å². The Hall–Kier alpha value is -1.75. The van der Waals surface area contributed by atoms with Crippen LogP contribution in [0.5, 0.6) is 0 Å². The lowest BCUT2D eigenvalue weighted by atomic mass is 10.1. The summed E-state index contributed by atoms with van der Waals surface area (Å²) >= 11 is 1.58. The third-order valence-corrected chi connectivity index (χ3v) is 4.90. The number of carbonyl (C=O) groups is 1. The first kappa shape index (κ1) is 17.6. The van der Waals surface area contributed by atoms with E-state index in [-0.39, 0.29) is 11.2 Å². The maximum absolute atomic E-state index is 12.1. The second-order valence-electron chi connectivity index (χ2n) is 5.77. The number of aromatic nitrogens is 1. The molecule has 0 saturated carbocycles. The molecule has 0 aliphatic carbocycles. The smallest absolute Gasteiger partial charge is 0.233 e. The molecular formula is C18H24N2O2S. The molecule has 5 heteroatoms. The Morgan fingerprint density at radius 3 is 2.57 bits per heavy atom. The summed E-state index contributed by atoms with van der Waals surface area (Å²) in [5, 5.41) is 6.85. The summed E-state index contributed by atoms with van der Waals surface area (Å²) in [6.07, 6.45) is 1.76. The molecule has 0 aliphatic heterocycles. The predicted octanol–water partition coefficient (Wildman–Crippen LogP) is 3.83. The van der Waals surface area contributed by atoms with Crippen LogP contribution in [-0.4, -0.2) is 22.9 Å². The maximum Gasteiger partial charge on any atom is 0.233 e. The van der Waals surface area contributed by atoms with Crippen LogP contribution in [0.2, 0.25) is 0 Å². The number of carbonyl (C=O) groups excluding carboxylic acids is 1. The van der Waals surface area contributed by atoms with Crippen LogP contribution < -0.4 is 5.32 Å². The number of thioether (sulfide) groups is 1. The molecule has 0 bridgehead atoms. The van der Waals surface area contributed by atoms with Gasteiger partial charge in [0.05, 0.1) is 10.9 Å². The van der Waals surface area contributed by atoms with Gasteiger partial charge in [0, 0.05) is 17.0 Å². The van der Waals surface area contributed by atoms with Gasteiger partial charge in [-0.15, -0.1) is 11.8 Å². The molecule has 0 aliphatic rings. The van der Waals surface area contributed by atoms with E-state index in [0.29, 0.717) is 6.54 Å². The van der Waals surface area contributed by atoms with Gasteiger partial charge in [0.15, 0.2) is 0 Å². The average Bonchev–Trinajstić information content (AvgIpc) is 2.85. The van der Waals surface area contributed by atoms with Gasteiger partial charge in [-0.3, -0.25) is 4.79 Å². The van der Waals surface area contributed by atoms with Gasteiger partial charge in [0.1, 0.15) is 5.76 Å². The number of hydrogen-bond acceptors (Lipinski definition) is 4. The number of amides is 1. The van der Waals surface area contributed by atoms with Gasteiger partial charge >= 0.3 is 0 Å². The predicted molar refractivity (Wildman–Crippen MR) is 93.8 cm³/mol. The highest BCUT2D eigenvalue weighted by Gasteiger charge is 2.14. The SMILES string of the molecule is Cc1ccc(SC(C)C(=O)NCCCc2c(C)noc2C)cc1. The third kappa shape index (κ3) is 5.13. The van der Waals surface area contributed by atoms with E-state index in [2.05, 4.69) is 41.7 Å². The molecule has 124 valence electrons. The monoisotopic (exact) mass is 332 g/mol. The molecule has 1 aromatic carbocycles. The van der Waals surface area contributed by atoms with Crippen molar-refractivity contribution in [2.75, 3.05) is 6.54 Å². The van der Waals surface area contributed by atoms with Crippen LogP contribution in [0.25, 0.3) is 0 Å². The van der Waals surface area contributed by atoms with Gasteiger partial charge in [0.25, 0.3) is 0 Å². The van der Waals surface area contributed by atoms with Crippen molar-refractivity contribution in [2.24, 2.45) is 0 Å². The Kier molecular flexibility index (Phi) is 6.28. The Morgan fingerprint density at radius 2 is 1.96 bits per heavy atom. The van der Waals surface area contributed by atoms with Gasteiger partial charge in [0.2, 0.25) is 5.91 Å². The molecule has 1 N–H and O–H groups in total. The van der Waals surface area contributed by atoms with Crippen LogP contribution in [-0.2, 0) is 11.2 Å². The summed E-state index contributed by atoms with van der Waals surface area (Å²) in [6.45, 7) is 8.54. The highest BCUT2D eigenvalue weighted by Crippen LogP contribution is 2.23. The molecule has 1 heterocycles. The summed E-state index contributed by atoms with van der Waals surface area (Å²) in [4.78, 5) is 13.3. The molecule has 0 saturated heterocycles. The zero-order chi connectivity index (χ0) is 16.8. The van der Waals surface area contributed by atoms with Gasteiger partial charge in [-0.25, -0.2) is 0 Å². The second-order valence-corrected chi connectivity index (χ2v) is 7.18. The van der Waals surface area contributed by atoms with Crippen molar-refractivity contribution < 1.29 is 9.32 Å². The summed E-state index contributed by atoms with van der Waals surface area (Å²) < 4.78 is 5.15. The van der Waals surface area contributed by atoms with E-state index < -0.39 is 0 Å². The fraction of sp³-hybridized carbons (Fsp3) is 0.444. The highest BCUT2D eigenvalue weighted by atomic mass is 32.2. The Balaban J connectivity index is 1.72. The fourth-order valence-electron chi connectivity index (χ4n) is 2.35. The maximum atomic E-state index is 12.1. The summed E-state index contributed by atoms with van der Waals surface area (Å²) in [7, 11) is 0. The topological polar surface area (TPSA) is 55.1 Å². The van der Waals surface area contributed by atoms with E-state index >= 15 is 0 Å². The second kappa shape index (κ2) is 8.20. The third-order valence-electron chi connectivity index (χ3n) is 3.79. The quantitative estimate of drug-likeness (QED) is 0.618. The number of benzene rings is 1. The molecule has 1 unspecified atom stereocenters. The lowest BCUT2D eigenvalue weighted by Gasteiger charge is -2.12. The molecule has 1 aromatic heterocycles. The van der Waals surface area contributed by atoms with Crippen LogP contribution >= 0.6 is 11.8 Å². The molecule has 0 radical (unpaired) electrons. The summed E-state index contributed by atoms with van der Waals surface area (Å²) in [5.41, 5.74) is 3.32. The van der Waals surface area contributed by atoms with E-state index in [1.807, 2.05) is 20.8 Å². The van der Waals surface area contributed by atoms with E-state index in [4.69, 9.17) is 4.52 Å². The van der Waals surface area contributed by atoms with Crippen molar-refractivity contribution in [1.29, 1.82) is 0 Å². The van der Waals surface area contributed by atoms with E-state index in [9.17, 15) is 4.79 Å². The van der Waals surface area contributed by atoms with Crippen molar-refractivity contribution in [2.45, 2.75) is 50.7 Å². The van der Waals surface area contributed by atoms with Crippen molar-refractivity contribution in [3.63, 3.8) is 0 Å². The summed E-state index contributed by atoms with van der Waals surface area (Å²) in [5.74, 6) is 0.950. The van der Waals surface area contributed by atoms with Crippen LogP contribution in [0.4, 0.5) is 0 Å². The van der Waals surface area contributed by atoms with E-state index in [1.165, 1.54) is 5.56 Å². The van der Waals surface area contributed by atoms with Crippen molar-refractivity contribution in [3.8, 4) is 0 Å². The molecule has 1 amide bonds. The summed E-state index contributed by atoms with van der Waals surface area (Å²) in [6, 6.07) is 8.25. The van der Waals surface area contributed by atoms with Gasteiger partial charge in [-0.1, -0.05) is 22.9 Å². The first-order chi connectivity index (χ1) is 11.0. The standard InChI is InChI=1S/C18H24N2O2S/c1-12-7-9-16(10-8-12)23-15(4)18(21)19-11-5-6-17-13(2)20-22-14(17)3/h7-10,15H,5-6,11H2,1-4H3,(H,19,21). The van der Waals surface area contributed by atoms with Crippen LogP contribution in [0.1, 0.15) is 35.9 Å². The fourth-order valence-corrected chi connectivity index (χ4v) is 3.25. The van der Waals surface area contributed by atoms with E-state index in [0.717, 1.165) is 34.8 Å². The number of rotatable bonds is 7. The molecule has 2 rings (SSSR count). The molecular weight excluding hydrogens is 308 g/mol. The van der Waals surface area contributed by atoms with Gasteiger partial charge < -0.3 is 9.84 Å². The minimum Gasteiger partial charge on any atom is -0.361 e. The molecule has 0 spiro atoms. The minimum atomic E-state index is -0.100. The molecule has 1 atom stereocenters.